The van der Waals surface area contributed by atoms with E-state index in [0.717, 1.165) is 23.4 Å². The number of amides is 1. The SMILES string of the molecule is O=C(c1cc(CC2=CNNC=C2)ccc1F)N1CCn2cccc2C1. The van der Waals surface area contributed by atoms with E-state index in [1.807, 2.05) is 30.6 Å². The molecule has 2 aliphatic rings. The molecular formula is C19H19FN4O. The maximum absolute atomic E-state index is 14.3. The summed E-state index contributed by atoms with van der Waals surface area (Å²) in [5.74, 6) is -0.720. The third kappa shape index (κ3) is 3.15. The van der Waals surface area contributed by atoms with Crippen LogP contribution in [0.25, 0.3) is 0 Å². The lowest BCUT2D eigenvalue weighted by Gasteiger charge is -2.29. The molecule has 1 aromatic carbocycles. The van der Waals surface area contributed by atoms with Crippen LogP contribution in [0.1, 0.15) is 21.6 Å². The Morgan fingerprint density at radius 1 is 1.20 bits per heavy atom. The highest BCUT2D eigenvalue weighted by atomic mass is 19.1. The number of hydrogen-bond donors (Lipinski definition) is 2. The van der Waals surface area contributed by atoms with Crippen molar-refractivity contribution in [1.82, 2.24) is 20.3 Å². The Bertz CT molecular complexity index is 868. The van der Waals surface area contributed by atoms with Gasteiger partial charge in [-0.25, -0.2) is 4.39 Å². The third-order valence-electron chi connectivity index (χ3n) is 4.57. The quantitative estimate of drug-likeness (QED) is 0.903. The zero-order valence-electron chi connectivity index (χ0n) is 13.7. The summed E-state index contributed by atoms with van der Waals surface area (Å²) in [4.78, 5) is 14.5. The van der Waals surface area contributed by atoms with Crippen LogP contribution < -0.4 is 10.9 Å². The largest absolute Gasteiger partial charge is 0.348 e. The average Bonchev–Trinajstić information content (AvgIpc) is 3.11. The zero-order valence-corrected chi connectivity index (χ0v) is 13.7. The molecule has 4 rings (SSSR count). The Morgan fingerprint density at radius 3 is 2.96 bits per heavy atom. The summed E-state index contributed by atoms with van der Waals surface area (Å²) >= 11 is 0. The molecule has 5 nitrogen and oxygen atoms in total. The fourth-order valence-electron chi connectivity index (χ4n) is 3.23. The lowest BCUT2D eigenvalue weighted by Crippen LogP contribution is -2.38. The number of carbonyl (C=O) groups excluding carboxylic acids is 1. The van der Waals surface area contributed by atoms with Crippen LogP contribution in [0.2, 0.25) is 0 Å². The van der Waals surface area contributed by atoms with Gasteiger partial charge >= 0.3 is 0 Å². The molecule has 3 heterocycles. The number of hydrogen-bond acceptors (Lipinski definition) is 3. The van der Waals surface area contributed by atoms with E-state index >= 15 is 0 Å². The summed E-state index contributed by atoms with van der Waals surface area (Å²) in [6.07, 6.45) is 8.23. The first kappa shape index (κ1) is 15.5. The summed E-state index contributed by atoms with van der Waals surface area (Å²) in [6, 6.07) is 8.74. The summed E-state index contributed by atoms with van der Waals surface area (Å²) in [5.41, 5.74) is 8.95. The van der Waals surface area contributed by atoms with Crippen LogP contribution in [0, 0.1) is 5.82 Å². The molecule has 0 unspecified atom stereocenters. The fraction of sp³-hybridized carbons (Fsp3) is 0.211. The second kappa shape index (κ2) is 6.47. The van der Waals surface area contributed by atoms with E-state index in [2.05, 4.69) is 15.4 Å². The monoisotopic (exact) mass is 338 g/mol. The molecule has 1 aromatic heterocycles. The third-order valence-corrected chi connectivity index (χ3v) is 4.57. The maximum Gasteiger partial charge on any atom is 0.257 e. The van der Waals surface area contributed by atoms with E-state index < -0.39 is 5.82 Å². The second-order valence-electron chi connectivity index (χ2n) is 6.25. The van der Waals surface area contributed by atoms with Gasteiger partial charge < -0.3 is 20.3 Å². The number of aromatic nitrogens is 1. The molecule has 0 fully saturated rings. The minimum absolute atomic E-state index is 0.143. The summed E-state index contributed by atoms with van der Waals surface area (Å²) in [7, 11) is 0. The van der Waals surface area contributed by atoms with Crippen LogP contribution in [0.5, 0.6) is 0 Å². The number of carbonyl (C=O) groups is 1. The van der Waals surface area contributed by atoms with Gasteiger partial charge in [0.25, 0.3) is 5.91 Å². The van der Waals surface area contributed by atoms with Crippen LogP contribution >= 0.6 is 0 Å². The molecule has 0 spiro atoms. The van der Waals surface area contributed by atoms with E-state index in [-0.39, 0.29) is 11.5 Å². The van der Waals surface area contributed by atoms with Crippen molar-refractivity contribution in [3.63, 3.8) is 0 Å². The number of allylic oxidation sites excluding steroid dienone is 2. The number of halogens is 1. The molecule has 6 heteroatoms. The first-order valence-electron chi connectivity index (χ1n) is 8.29. The Balaban J connectivity index is 1.55. The van der Waals surface area contributed by atoms with Crippen molar-refractivity contribution in [3.05, 3.63) is 83.2 Å². The van der Waals surface area contributed by atoms with E-state index in [1.54, 1.807) is 23.2 Å². The van der Waals surface area contributed by atoms with Gasteiger partial charge in [0.05, 0.1) is 12.1 Å². The van der Waals surface area contributed by atoms with E-state index in [4.69, 9.17) is 0 Å². The smallest absolute Gasteiger partial charge is 0.257 e. The first-order valence-corrected chi connectivity index (χ1v) is 8.29. The van der Waals surface area contributed by atoms with Crippen molar-refractivity contribution in [2.24, 2.45) is 0 Å². The van der Waals surface area contributed by atoms with Gasteiger partial charge in [0, 0.05) is 37.4 Å². The van der Waals surface area contributed by atoms with Crippen LogP contribution in [0.15, 0.2) is 60.6 Å². The van der Waals surface area contributed by atoms with E-state index in [9.17, 15) is 9.18 Å². The second-order valence-corrected chi connectivity index (χ2v) is 6.25. The Morgan fingerprint density at radius 2 is 2.12 bits per heavy atom. The lowest BCUT2D eigenvalue weighted by atomic mass is 10.0. The molecule has 0 atom stereocenters. The summed E-state index contributed by atoms with van der Waals surface area (Å²) in [6.45, 7) is 1.85. The molecule has 2 N–H and O–H groups in total. The number of fused-ring (bicyclic) bond motifs is 1. The molecule has 0 saturated heterocycles. The molecule has 0 saturated carbocycles. The molecule has 25 heavy (non-hydrogen) atoms. The van der Waals surface area contributed by atoms with Gasteiger partial charge in [-0.05, 0) is 47.9 Å². The van der Waals surface area contributed by atoms with Crippen LogP contribution in [0.3, 0.4) is 0 Å². The summed E-state index contributed by atoms with van der Waals surface area (Å²) < 4.78 is 16.4. The van der Waals surface area contributed by atoms with Crippen molar-refractivity contribution in [2.75, 3.05) is 6.54 Å². The highest BCUT2D eigenvalue weighted by molar-refractivity contribution is 5.94. The molecular weight excluding hydrogens is 319 g/mol. The first-order chi connectivity index (χ1) is 12.2. The van der Waals surface area contributed by atoms with Gasteiger partial charge in [-0.3, -0.25) is 4.79 Å². The number of hydrazine groups is 1. The normalized spacial score (nSPS) is 15.9. The number of nitrogens with zero attached hydrogens (tertiary/aromatic N) is 2. The van der Waals surface area contributed by atoms with Gasteiger partial charge in [0.2, 0.25) is 0 Å². The highest BCUT2D eigenvalue weighted by Gasteiger charge is 2.23. The van der Waals surface area contributed by atoms with Crippen molar-refractivity contribution in [1.29, 1.82) is 0 Å². The molecule has 128 valence electrons. The Kier molecular flexibility index (Phi) is 4.01. The molecule has 2 aliphatic heterocycles. The van der Waals surface area contributed by atoms with Gasteiger partial charge in [0.15, 0.2) is 0 Å². The summed E-state index contributed by atoms with van der Waals surface area (Å²) in [5, 5.41) is 0. The Labute approximate surface area is 145 Å². The van der Waals surface area contributed by atoms with Gasteiger partial charge in [-0.1, -0.05) is 6.07 Å². The van der Waals surface area contributed by atoms with E-state index in [1.165, 1.54) is 6.07 Å². The van der Waals surface area contributed by atoms with Crippen molar-refractivity contribution < 1.29 is 9.18 Å². The predicted octanol–water partition coefficient (Wildman–Crippen LogP) is 2.33. The molecule has 1 amide bonds. The van der Waals surface area contributed by atoms with Gasteiger partial charge in [0.1, 0.15) is 5.82 Å². The molecule has 0 bridgehead atoms. The lowest BCUT2D eigenvalue weighted by molar-refractivity contribution is 0.0706. The van der Waals surface area contributed by atoms with Gasteiger partial charge in [-0.2, -0.15) is 0 Å². The average molecular weight is 338 g/mol. The zero-order chi connectivity index (χ0) is 17.2. The predicted molar refractivity (Wildman–Crippen MR) is 92.8 cm³/mol. The van der Waals surface area contributed by atoms with Crippen molar-refractivity contribution in [2.45, 2.75) is 19.5 Å². The molecule has 0 aliphatic carbocycles. The van der Waals surface area contributed by atoms with Crippen LogP contribution in [-0.4, -0.2) is 21.9 Å². The van der Waals surface area contributed by atoms with Crippen LogP contribution in [0.4, 0.5) is 4.39 Å². The Hall–Kier alpha value is -3.02. The topological polar surface area (TPSA) is 49.3 Å². The fourth-order valence-corrected chi connectivity index (χ4v) is 3.23. The van der Waals surface area contributed by atoms with Crippen LogP contribution in [-0.2, 0) is 19.5 Å². The molecule has 0 radical (unpaired) electrons. The van der Waals surface area contributed by atoms with Gasteiger partial charge in [-0.15, -0.1) is 0 Å². The standard InChI is InChI=1S/C19H19FN4O/c20-18-4-3-14(10-15-5-6-21-22-12-15)11-17(18)19(25)24-9-8-23-7-1-2-16(23)13-24/h1-7,11-12,21-22H,8-10,13H2. The minimum atomic E-state index is -0.470. The number of benzene rings is 1. The maximum atomic E-state index is 14.3. The van der Waals surface area contributed by atoms with E-state index in [0.29, 0.717) is 19.5 Å². The van der Waals surface area contributed by atoms with Crippen molar-refractivity contribution >= 4 is 5.91 Å². The van der Waals surface area contributed by atoms with Crippen molar-refractivity contribution in [3.8, 4) is 0 Å². The number of rotatable bonds is 3. The molecule has 2 aromatic rings. The minimum Gasteiger partial charge on any atom is -0.348 e. The number of nitrogens with one attached hydrogen (secondary N) is 2. The highest BCUT2D eigenvalue weighted by Crippen LogP contribution is 2.20.